The van der Waals surface area contributed by atoms with E-state index >= 15 is 0 Å². The number of rotatable bonds is 7. The molecule has 7 heteroatoms. The van der Waals surface area contributed by atoms with E-state index in [1.807, 2.05) is 0 Å². The lowest BCUT2D eigenvalue weighted by Crippen LogP contribution is -2.32. The standard InChI is InChI=1S/C10H20N4O3/c1-10(2,3)17-9(15)13-16-8-6-4-5-7-12-14-11/h4-8H2,1-3H3,(H,13,15). The van der Waals surface area contributed by atoms with Crippen molar-refractivity contribution in [3.8, 4) is 0 Å². The first kappa shape index (κ1) is 15.5. The van der Waals surface area contributed by atoms with Crippen molar-refractivity contribution in [3.63, 3.8) is 0 Å². The van der Waals surface area contributed by atoms with Gasteiger partial charge in [-0.05, 0) is 39.1 Å². The molecule has 0 unspecified atom stereocenters. The highest BCUT2D eigenvalue weighted by molar-refractivity contribution is 5.66. The summed E-state index contributed by atoms with van der Waals surface area (Å²) in [6.45, 7) is 6.25. The van der Waals surface area contributed by atoms with Gasteiger partial charge in [-0.2, -0.15) is 5.48 Å². The number of hydroxylamine groups is 1. The minimum atomic E-state index is -0.591. The molecular formula is C10H20N4O3. The van der Waals surface area contributed by atoms with Gasteiger partial charge in [0.15, 0.2) is 0 Å². The Morgan fingerprint density at radius 3 is 2.65 bits per heavy atom. The largest absolute Gasteiger partial charge is 0.442 e. The van der Waals surface area contributed by atoms with E-state index in [-0.39, 0.29) is 0 Å². The molecule has 17 heavy (non-hydrogen) atoms. The zero-order valence-corrected chi connectivity index (χ0v) is 10.6. The predicted octanol–water partition coefficient (Wildman–Crippen LogP) is 2.92. The zero-order chi connectivity index (χ0) is 13.1. The van der Waals surface area contributed by atoms with Gasteiger partial charge in [0.25, 0.3) is 0 Å². The smallest absolute Gasteiger partial charge is 0.431 e. The van der Waals surface area contributed by atoms with E-state index in [0.717, 1.165) is 19.3 Å². The summed E-state index contributed by atoms with van der Waals surface area (Å²) in [5.74, 6) is 0. The van der Waals surface area contributed by atoms with Crippen molar-refractivity contribution in [3.05, 3.63) is 10.4 Å². The Morgan fingerprint density at radius 2 is 2.06 bits per heavy atom. The topological polar surface area (TPSA) is 96.3 Å². The SMILES string of the molecule is CC(C)(C)OC(=O)NOCCCCCN=[N+]=[N-]. The fraction of sp³-hybridized carbons (Fsp3) is 0.900. The lowest BCUT2D eigenvalue weighted by atomic mass is 10.2. The van der Waals surface area contributed by atoms with Crippen LogP contribution in [-0.4, -0.2) is 24.8 Å². The molecule has 0 atom stereocenters. The van der Waals surface area contributed by atoms with Crippen LogP contribution in [0.3, 0.4) is 0 Å². The molecule has 7 nitrogen and oxygen atoms in total. The normalized spacial score (nSPS) is 10.5. The molecule has 0 radical (unpaired) electrons. The van der Waals surface area contributed by atoms with Crippen molar-refractivity contribution in [1.82, 2.24) is 5.48 Å². The highest BCUT2D eigenvalue weighted by atomic mass is 16.7. The molecule has 0 fully saturated rings. The monoisotopic (exact) mass is 244 g/mol. The Balaban J connectivity index is 3.34. The number of amides is 1. The van der Waals surface area contributed by atoms with Crippen molar-refractivity contribution in [2.75, 3.05) is 13.2 Å². The molecule has 0 rings (SSSR count). The average molecular weight is 244 g/mol. The van der Waals surface area contributed by atoms with E-state index in [1.165, 1.54) is 0 Å². The zero-order valence-electron chi connectivity index (χ0n) is 10.6. The summed E-state index contributed by atoms with van der Waals surface area (Å²) in [5, 5.41) is 3.41. The van der Waals surface area contributed by atoms with Crippen LogP contribution >= 0.6 is 0 Å². The molecular weight excluding hydrogens is 224 g/mol. The van der Waals surface area contributed by atoms with Gasteiger partial charge in [-0.3, -0.25) is 4.84 Å². The van der Waals surface area contributed by atoms with Crippen LogP contribution < -0.4 is 5.48 Å². The minimum Gasteiger partial charge on any atom is -0.442 e. The van der Waals surface area contributed by atoms with E-state index in [1.54, 1.807) is 20.8 Å². The molecule has 0 saturated carbocycles. The second-order valence-electron chi connectivity index (χ2n) is 4.47. The molecule has 0 aliphatic carbocycles. The van der Waals surface area contributed by atoms with Crippen molar-refractivity contribution in [2.45, 2.75) is 45.6 Å². The van der Waals surface area contributed by atoms with Crippen LogP contribution in [0, 0.1) is 0 Å². The van der Waals surface area contributed by atoms with Crippen LogP contribution in [0.2, 0.25) is 0 Å². The van der Waals surface area contributed by atoms with E-state index in [0.29, 0.717) is 13.2 Å². The Bertz CT molecular complexity index is 269. The first-order valence-corrected chi connectivity index (χ1v) is 5.57. The van der Waals surface area contributed by atoms with Crippen LogP contribution in [0.1, 0.15) is 40.0 Å². The summed E-state index contributed by atoms with van der Waals surface area (Å²) < 4.78 is 4.97. The third-order valence-corrected chi connectivity index (χ3v) is 1.62. The third-order valence-electron chi connectivity index (χ3n) is 1.62. The summed E-state index contributed by atoms with van der Waals surface area (Å²) in [5.41, 5.74) is 9.71. The second-order valence-corrected chi connectivity index (χ2v) is 4.47. The molecule has 0 aliphatic rings. The van der Waals surface area contributed by atoms with Gasteiger partial charge in [-0.15, -0.1) is 0 Å². The van der Waals surface area contributed by atoms with Gasteiger partial charge in [-0.25, -0.2) is 4.79 Å². The minimum absolute atomic E-state index is 0.412. The van der Waals surface area contributed by atoms with Crippen molar-refractivity contribution in [1.29, 1.82) is 0 Å². The number of nitrogens with zero attached hydrogens (tertiary/aromatic N) is 3. The molecule has 0 aromatic heterocycles. The summed E-state index contributed by atoms with van der Waals surface area (Å²) in [6, 6.07) is 0. The van der Waals surface area contributed by atoms with Gasteiger partial charge in [0.05, 0.1) is 6.61 Å². The lowest BCUT2D eigenvalue weighted by molar-refractivity contribution is -0.00856. The molecule has 1 N–H and O–H groups in total. The van der Waals surface area contributed by atoms with Gasteiger partial charge >= 0.3 is 6.09 Å². The van der Waals surface area contributed by atoms with Gasteiger partial charge in [-0.1, -0.05) is 11.5 Å². The van der Waals surface area contributed by atoms with Crippen LogP contribution in [0.4, 0.5) is 4.79 Å². The van der Waals surface area contributed by atoms with Gasteiger partial charge < -0.3 is 4.74 Å². The van der Waals surface area contributed by atoms with E-state index in [9.17, 15) is 4.79 Å². The van der Waals surface area contributed by atoms with Gasteiger partial charge in [0.1, 0.15) is 5.60 Å². The molecule has 0 heterocycles. The Labute approximate surface area is 101 Å². The Morgan fingerprint density at radius 1 is 1.35 bits per heavy atom. The summed E-state index contributed by atoms with van der Waals surface area (Å²) in [4.78, 5) is 18.7. The highest BCUT2D eigenvalue weighted by Gasteiger charge is 2.15. The summed E-state index contributed by atoms with van der Waals surface area (Å²) in [6.07, 6.45) is 1.90. The average Bonchev–Trinajstić information content (AvgIpc) is 2.19. The number of hydrogen-bond donors (Lipinski definition) is 1. The van der Waals surface area contributed by atoms with Crippen LogP contribution in [-0.2, 0) is 9.57 Å². The van der Waals surface area contributed by atoms with Gasteiger partial charge in [0, 0.05) is 11.5 Å². The molecule has 98 valence electrons. The number of ether oxygens (including phenoxy) is 1. The Hall–Kier alpha value is -1.46. The Kier molecular flexibility index (Phi) is 7.92. The van der Waals surface area contributed by atoms with E-state index in [2.05, 4.69) is 15.5 Å². The third kappa shape index (κ3) is 12.5. The predicted molar refractivity (Wildman–Crippen MR) is 63.2 cm³/mol. The molecule has 0 saturated heterocycles. The molecule has 1 amide bonds. The maximum absolute atomic E-state index is 11.1. The maximum Gasteiger partial charge on any atom is 0.431 e. The number of azide groups is 1. The van der Waals surface area contributed by atoms with Crippen LogP contribution in [0.15, 0.2) is 5.11 Å². The second kappa shape index (κ2) is 8.66. The number of unbranched alkanes of at least 4 members (excludes halogenated alkanes) is 2. The number of carbonyl (C=O) groups is 1. The number of hydrogen-bond acceptors (Lipinski definition) is 4. The molecule has 0 bridgehead atoms. The maximum atomic E-state index is 11.1. The molecule has 0 aromatic carbocycles. The lowest BCUT2D eigenvalue weighted by Gasteiger charge is -2.19. The number of nitrogens with one attached hydrogen (secondary N) is 1. The first-order chi connectivity index (χ1) is 7.95. The fourth-order valence-electron chi connectivity index (χ4n) is 0.987. The molecule has 0 spiro atoms. The van der Waals surface area contributed by atoms with Crippen LogP contribution in [0.5, 0.6) is 0 Å². The van der Waals surface area contributed by atoms with Crippen molar-refractivity contribution in [2.24, 2.45) is 5.11 Å². The summed E-state index contributed by atoms with van der Waals surface area (Å²) >= 11 is 0. The molecule has 0 aromatic rings. The fourth-order valence-corrected chi connectivity index (χ4v) is 0.987. The first-order valence-electron chi connectivity index (χ1n) is 5.57. The number of carbonyl (C=O) groups excluding carboxylic acids is 1. The van der Waals surface area contributed by atoms with Gasteiger partial charge in [0.2, 0.25) is 0 Å². The van der Waals surface area contributed by atoms with Crippen LogP contribution in [0.25, 0.3) is 10.4 Å². The quantitative estimate of drug-likeness (QED) is 0.245. The highest BCUT2D eigenvalue weighted by Crippen LogP contribution is 2.06. The van der Waals surface area contributed by atoms with Crippen molar-refractivity contribution < 1.29 is 14.4 Å². The van der Waals surface area contributed by atoms with E-state index < -0.39 is 11.7 Å². The van der Waals surface area contributed by atoms with E-state index in [4.69, 9.17) is 15.1 Å². The molecule has 0 aliphatic heterocycles. The summed E-state index contributed by atoms with van der Waals surface area (Å²) in [7, 11) is 0. The van der Waals surface area contributed by atoms with Crippen molar-refractivity contribution >= 4 is 6.09 Å².